The monoisotopic (exact) mass is 290 g/mol. The van der Waals surface area contributed by atoms with Crippen LogP contribution in [0.1, 0.15) is 19.5 Å². The van der Waals surface area contributed by atoms with Gasteiger partial charge in [-0.15, -0.1) is 0 Å². The summed E-state index contributed by atoms with van der Waals surface area (Å²) in [6.45, 7) is 3.44. The first kappa shape index (κ1) is 20.3. The Morgan fingerprint density at radius 2 is 2.05 bits per heavy atom. The summed E-state index contributed by atoms with van der Waals surface area (Å²) in [5.74, 6) is -1.76. The van der Waals surface area contributed by atoms with Crippen molar-refractivity contribution in [2.45, 2.75) is 32.4 Å². The molecule has 9 N–H and O–H groups in total. The van der Waals surface area contributed by atoms with Crippen molar-refractivity contribution in [1.29, 1.82) is 0 Å². The first-order chi connectivity index (χ1) is 8.41. The van der Waals surface area contributed by atoms with E-state index in [-0.39, 0.29) is 23.3 Å². The molecule has 1 aromatic rings. The number of aliphatic carboxylic acids is 1. The van der Waals surface area contributed by atoms with Gasteiger partial charge in [-0.3, -0.25) is 4.79 Å². The Labute approximate surface area is 116 Å². The van der Waals surface area contributed by atoms with Crippen molar-refractivity contribution in [3.8, 4) is 0 Å². The van der Waals surface area contributed by atoms with E-state index >= 15 is 0 Å². The number of rotatable bonds is 6. The molecule has 0 unspecified atom stereocenters. The molecule has 0 aromatic carbocycles. The van der Waals surface area contributed by atoms with Crippen LogP contribution in [0.5, 0.6) is 0 Å². The van der Waals surface area contributed by atoms with Gasteiger partial charge in [0.05, 0.1) is 18.1 Å². The van der Waals surface area contributed by atoms with Gasteiger partial charge in [-0.2, -0.15) is 0 Å². The summed E-state index contributed by atoms with van der Waals surface area (Å²) in [6.07, 6.45) is 3.40. The topological polar surface area (TPSA) is 184 Å². The highest BCUT2D eigenvalue weighted by atomic mass is 16.4. The maximum absolute atomic E-state index is 11.8. The van der Waals surface area contributed by atoms with Crippen LogP contribution in [-0.4, -0.2) is 50.0 Å². The third-order valence-electron chi connectivity index (χ3n) is 2.55. The highest BCUT2D eigenvalue weighted by Crippen LogP contribution is 2.03. The van der Waals surface area contributed by atoms with E-state index in [1.54, 1.807) is 20.0 Å². The second kappa shape index (κ2) is 9.02. The van der Waals surface area contributed by atoms with Crippen molar-refractivity contribution in [3.05, 3.63) is 18.2 Å². The normalized spacial score (nSPS) is 12.8. The molecule has 116 valence electrons. The van der Waals surface area contributed by atoms with Gasteiger partial charge in [0.1, 0.15) is 6.04 Å². The summed E-state index contributed by atoms with van der Waals surface area (Å²) in [7, 11) is 0. The van der Waals surface area contributed by atoms with Gasteiger partial charge in [-0.1, -0.05) is 13.8 Å². The summed E-state index contributed by atoms with van der Waals surface area (Å²) in [5, 5.41) is 11.4. The van der Waals surface area contributed by atoms with E-state index in [0.717, 1.165) is 0 Å². The van der Waals surface area contributed by atoms with Gasteiger partial charge in [-0.25, -0.2) is 9.78 Å². The molecule has 20 heavy (non-hydrogen) atoms. The minimum Gasteiger partial charge on any atom is -0.480 e. The molecule has 0 saturated heterocycles. The maximum Gasteiger partial charge on any atom is 0.326 e. The van der Waals surface area contributed by atoms with Crippen LogP contribution in [0.2, 0.25) is 0 Å². The standard InChI is InChI=1S/C11H18N4O3.2H2O/c1-6(2)9(11(17)18)15-10(16)8(12)3-7-4-13-5-14-7;;/h4-6,8-9H,3,12H2,1-2H3,(H,13,14)(H,15,16)(H,17,18);2*1H2/t8-,9-;;/m0../s1. The number of imidazole rings is 1. The van der Waals surface area contributed by atoms with Crippen LogP contribution >= 0.6 is 0 Å². The van der Waals surface area contributed by atoms with Gasteiger partial charge in [0.25, 0.3) is 0 Å². The Hall–Kier alpha value is -1.97. The van der Waals surface area contributed by atoms with Crippen molar-refractivity contribution in [2.24, 2.45) is 11.7 Å². The molecule has 1 rings (SSSR count). The lowest BCUT2D eigenvalue weighted by Crippen LogP contribution is -2.51. The number of hydrogen-bond donors (Lipinski definition) is 4. The lowest BCUT2D eigenvalue weighted by atomic mass is 10.0. The molecule has 1 amide bonds. The van der Waals surface area contributed by atoms with Crippen molar-refractivity contribution in [1.82, 2.24) is 15.3 Å². The van der Waals surface area contributed by atoms with Crippen molar-refractivity contribution in [2.75, 3.05) is 0 Å². The third-order valence-corrected chi connectivity index (χ3v) is 2.55. The number of carboxylic acids is 1. The van der Waals surface area contributed by atoms with Crippen molar-refractivity contribution < 1.29 is 25.6 Å². The molecule has 0 aliphatic heterocycles. The number of nitrogens with one attached hydrogen (secondary N) is 2. The first-order valence-electron chi connectivity index (χ1n) is 5.68. The fraction of sp³-hybridized carbons (Fsp3) is 0.545. The number of hydrogen-bond acceptors (Lipinski definition) is 4. The minimum atomic E-state index is -1.06. The highest BCUT2D eigenvalue weighted by molar-refractivity contribution is 5.87. The number of H-pyrrole nitrogens is 1. The number of aromatic amines is 1. The van der Waals surface area contributed by atoms with E-state index in [0.29, 0.717) is 5.69 Å². The predicted octanol–water partition coefficient (Wildman–Crippen LogP) is -2.14. The molecular weight excluding hydrogens is 268 g/mol. The third kappa shape index (κ3) is 5.78. The summed E-state index contributed by atoms with van der Waals surface area (Å²) in [5.41, 5.74) is 6.36. The molecule has 9 heteroatoms. The molecule has 0 aliphatic carbocycles. The molecule has 0 radical (unpaired) electrons. The second-order valence-electron chi connectivity index (χ2n) is 4.44. The van der Waals surface area contributed by atoms with Crippen molar-refractivity contribution >= 4 is 11.9 Å². The summed E-state index contributed by atoms with van der Waals surface area (Å²) in [4.78, 5) is 29.4. The average molecular weight is 290 g/mol. The Morgan fingerprint density at radius 3 is 2.45 bits per heavy atom. The second-order valence-corrected chi connectivity index (χ2v) is 4.44. The smallest absolute Gasteiger partial charge is 0.326 e. The molecule has 0 fully saturated rings. The first-order valence-corrected chi connectivity index (χ1v) is 5.68. The number of carbonyl (C=O) groups is 2. The number of nitrogens with zero attached hydrogens (tertiary/aromatic N) is 1. The fourth-order valence-electron chi connectivity index (χ4n) is 1.49. The number of nitrogens with two attached hydrogens (primary N) is 1. The van der Waals surface area contributed by atoms with E-state index in [1.807, 2.05) is 0 Å². The highest BCUT2D eigenvalue weighted by Gasteiger charge is 2.26. The molecule has 0 aliphatic rings. The molecule has 0 saturated carbocycles. The van der Waals surface area contributed by atoms with Gasteiger partial charge < -0.3 is 32.1 Å². The SMILES string of the molecule is CC(C)[C@H](NC(=O)[C@@H](N)Cc1c[nH]cn1)C(=O)O.O.O. The Morgan fingerprint density at radius 1 is 1.45 bits per heavy atom. The summed E-state index contributed by atoms with van der Waals surface area (Å²) >= 11 is 0. The molecular formula is C11H22N4O5. The lowest BCUT2D eigenvalue weighted by Gasteiger charge is -2.20. The van der Waals surface area contributed by atoms with E-state index in [2.05, 4.69) is 15.3 Å². The maximum atomic E-state index is 11.8. The van der Waals surface area contributed by atoms with Crippen molar-refractivity contribution in [3.63, 3.8) is 0 Å². The summed E-state index contributed by atoms with van der Waals surface area (Å²) < 4.78 is 0. The summed E-state index contributed by atoms with van der Waals surface area (Å²) in [6, 6.07) is -1.74. The quantitative estimate of drug-likeness (QED) is 0.464. The molecule has 1 heterocycles. The molecule has 1 aromatic heterocycles. The van der Waals surface area contributed by atoms with Gasteiger partial charge in [0, 0.05) is 12.6 Å². The zero-order valence-electron chi connectivity index (χ0n) is 11.4. The Kier molecular flexibility index (Phi) is 9.17. The number of carbonyl (C=O) groups excluding carboxylic acids is 1. The van der Waals surface area contributed by atoms with Crippen LogP contribution in [-0.2, 0) is 16.0 Å². The Balaban J connectivity index is 0. The minimum absolute atomic E-state index is 0. The number of aromatic nitrogens is 2. The van der Waals surface area contributed by atoms with Gasteiger partial charge in [0.2, 0.25) is 5.91 Å². The number of amides is 1. The largest absolute Gasteiger partial charge is 0.480 e. The van der Waals surface area contributed by atoms with Gasteiger partial charge in [-0.05, 0) is 5.92 Å². The fourth-order valence-corrected chi connectivity index (χ4v) is 1.49. The van der Waals surface area contributed by atoms with Crippen LogP contribution in [0.4, 0.5) is 0 Å². The number of carboxylic acid groups (broad SMARTS) is 1. The van der Waals surface area contributed by atoms with Crippen LogP contribution in [0, 0.1) is 5.92 Å². The zero-order valence-corrected chi connectivity index (χ0v) is 11.4. The van der Waals surface area contributed by atoms with E-state index in [9.17, 15) is 9.59 Å². The molecule has 2 atom stereocenters. The molecule has 0 spiro atoms. The van der Waals surface area contributed by atoms with Crippen LogP contribution in [0.25, 0.3) is 0 Å². The van der Waals surface area contributed by atoms with Crippen LogP contribution < -0.4 is 11.1 Å². The van der Waals surface area contributed by atoms with Gasteiger partial charge >= 0.3 is 5.97 Å². The zero-order chi connectivity index (χ0) is 13.7. The predicted molar refractivity (Wildman–Crippen MR) is 71.9 cm³/mol. The average Bonchev–Trinajstić information content (AvgIpc) is 2.77. The van der Waals surface area contributed by atoms with E-state index in [1.165, 1.54) is 6.33 Å². The van der Waals surface area contributed by atoms with E-state index in [4.69, 9.17) is 10.8 Å². The lowest BCUT2D eigenvalue weighted by molar-refractivity contribution is -0.143. The Bertz CT molecular complexity index is 407. The van der Waals surface area contributed by atoms with Crippen LogP contribution in [0.3, 0.4) is 0 Å². The van der Waals surface area contributed by atoms with E-state index < -0.39 is 24.0 Å². The molecule has 9 nitrogen and oxygen atoms in total. The molecule has 0 bridgehead atoms. The van der Waals surface area contributed by atoms with Crippen LogP contribution in [0.15, 0.2) is 12.5 Å². The van der Waals surface area contributed by atoms with Gasteiger partial charge in [0.15, 0.2) is 0 Å².